The molecule has 0 bridgehead atoms. The smallest absolute Gasteiger partial charge is 0.408 e. The molecule has 0 radical (unpaired) electrons. The summed E-state index contributed by atoms with van der Waals surface area (Å²) >= 11 is 0. The number of benzene rings is 1. The Bertz CT molecular complexity index is 487. The first-order chi connectivity index (χ1) is 9.74. The second-order valence-electron chi connectivity index (χ2n) is 7.01. The molecular weight excluding hydrogens is 264 g/mol. The molecule has 0 heterocycles. The Hall–Kier alpha value is -1.55. The molecule has 1 amide bonds. The van der Waals surface area contributed by atoms with Gasteiger partial charge in [-0.3, -0.25) is 0 Å². The Labute approximate surface area is 127 Å². The number of nitrogens with two attached hydrogens (primary N) is 1. The second kappa shape index (κ2) is 5.68. The maximum Gasteiger partial charge on any atom is 0.408 e. The van der Waals surface area contributed by atoms with Crippen molar-refractivity contribution in [1.29, 1.82) is 0 Å². The van der Waals surface area contributed by atoms with Gasteiger partial charge in [0, 0.05) is 11.5 Å². The summed E-state index contributed by atoms with van der Waals surface area (Å²) in [5.41, 5.74) is 6.70. The monoisotopic (exact) mass is 290 g/mol. The van der Waals surface area contributed by atoms with Crippen molar-refractivity contribution in [2.24, 2.45) is 11.1 Å². The van der Waals surface area contributed by atoms with Crippen molar-refractivity contribution < 1.29 is 9.53 Å². The molecule has 0 aliphatic heterocycles. The Kier molecular flexibility index (Phi) is 4.28. The average Bonchev–Trinajstić information content (AvgIpc) is 3.16. The fourth-order valence-electron chi connectivity index (χ4n) is 2.78. The highest BCUT2D eigenvalue weighted by molar-refractivity contribution is 5.68. The van der Waals surface area contributed by atoms with Crippen LogP contribution in [0.25, 0.3) is 0 Å². The highest BCUT2D eigenvalue weighted by Crippen LogP contribution is 2.56. The molecule has 21 heavy (non-hydrogen) atoms. The number of rotatable bonds is 4. The predicted octanol–water partition coefficient (Wildman–Crippen LogP) is 3.38. The first-order valence-electron chi connectivity index (χ1n) is 7.55. The lowest BCUT2D eigenvalue weighted by atomic mass is 9.85. The summed E-state index contributed by atoms with van der Waals surface area (Å²) in [5, 5.41) is 3.03. The van der Waals surface area contributed by atoms with Crippen molar-refractivity contribution in [3.05, 3.63) is 35.9 Å². The maximum absolute atomic E-state index is 12.2. The van der Waals surface area contributed by atoms with Crippen LogP contribution < -0.4 is 11.1 Å². The second-order valence-corrected chi connectivity index (χ2v) is 7.01. The van der Waals surface area contributed by atoms with Gasteiger partial charge in [-0.2, -0.15) is 0 Å². The highest BCUT2D eigenvalue weighted by atomic mass is 16.6. The summed E-state index contributed by atoms with van der Waals surface area (Å²) in [5.74, 6) is 0. The molecule has 1 aromatic rings. The van der Waals surface area contributed by atoms with Gasteiger partial charge in [0.25, 0.3) is 0 Å². The molecule has 116 valence electrons. The highest BCUT2D eigenvalue weighted by Gasteiger charge is 2.53. The fourth-order valence-corrected chi connectivity index (χ4v) is 2.78. The lowest BCUT2D eigenvalue weighted by molar-refractivity contribution is 0.0472. The van der Waals surface area contributed by atoms with Crippen LogP contribution in [-0.4, -0.2) is 17.7 Å². The zero-order chi connectivity index (χ0) is 15.7. The van der Waals surface area contributed by atoms with Gasteiger partial charge in [-0.1, -0.05) is 30.3 Å². The van der Waals surface area contributed by atoms with Gasteiger partial charge in [0.05, 0.1) is 6.04 Å². The fraction of sp³-hybridized carbons (Fsp3) is 0.588. The van der Waals surface area contributed by atoms with Crippen LogP contribution in [0.2, 0.25) is 0 Å². The van der Waals surface area contributed by atoms with Crippen LogP contribution in [-0.2, 0) is 4.74 Å². The number of carbonyl (C=O) groups is 1. The van der Waals surface area contributed by atoms with Crippen LogP contribution in [0.15, 0.2) is 30.3 Å². The van der Waals surface area contributed by atoms with Crippen molar-refractivity contribution in [3.8, 4) is 0 Å². The van der Waals surface area contributed by atoms with Crippen LogP contribution in [0.5, 0.6) is 0 Å². The molecule has 1 aromatic carbocycles. The van der Waals surface area contributed by atoms with E-state index in [4.69, 9.17) is 10.5 Å². The minimum absolute atomic E-state index is 0.0256. The van der Waals surface area contributed by atoms with Gasteiger partial charge in [0.1, 0.15) is 5.60 Å². The summed E-state index contributed by atoms with van der Waals surface area (Å²) in [6, 6.07) is 9.92. The molecule has 2 atom stereocenters. The third-order valence-corrected chi connectivity index (χ3v) is 4.10. The number of hydrogen-bond acceptors (Lipinski definition) is 3. The zero-order valence-corrected chi connectivity index (χ0v) is 13.3. The Morgan fingerprint density at radius 3 is 2.29 bits per heavy atom. The first kappa shape index (κ1) is 15.8. The summed E-state index contributed by atoms with van der Waals surface area (Å²) in [6.07, 6.45) is 1.67. The van der Waals surface area contributed by atoms with Gasteiger partial charge in [0.15, 0.2) is 0 Å². The van der Waals surface area contributed by atoms with E-state index in [2.05, 4.69) is 5.32 Å². The molecule has 1 aliphatic carbocycles. The van der Waals surface area contributed by atoms with Crippen LogP contribution in [0.1, 0.15) is 52.1 Å². The van der Waals surface area contributed by atoms with Crippen LogP contribution >= 0.6 is 0 Å². The van der Waals surface area contributed by atoms with Crippen molar-refractivity contribution in [2.75, 3.05) is 0 Å². The van der Waals surface area contributed by atoms with Crippen LogP contribution in [0, 0.1) is 5.41 Å². The molecular formula is C17H26N2O2. The average molecular weight is 290 g/mol. The third kappa shape index (κ3) is 3.76. The molecule has 0 aromatic heterocycles. The SMILES string of the molecule is CC(N)C1(C(NC(=O)OC(C)(C)C)c2ccccc2)CC1. The predicted molar refractivity (Wildman–Crippen MR) is 83.9 cm³/mol. The van der Waals surface area contributed by atoms with Gasteiger partial charge >= 0.3 is 6.09 Å². The number of amides is 1. The zero-order valence-electron chi connectivity index (χ0n) is 13.3. The van der Waals surface area contributed by atoms with Crippen molar-refractivity contribution in [3.63, 3.8) is 0 Å². The van der Waals surface area contributed by atoms with E-state index in [0.29, 0.717) is 0 Å². The number of carbonyl (C=O) groups excluding carboxylic acids is 1. The molecule has 0 saturated heterocycles. The standard InChI is InChI=1S/C17H26N2O2/c1-12(18)17(10-11-17)14(13-8-6-5-7-9-13)19-15(20)21-16(2,3)4/h5-9,12,14H,10-11,18H2,1-4H3,(H,19,20). The summed E-state index contributed by atoms with van der Waals surface area (Å²) < 4.78 is 5.40. The van der Waals surface area contributed by atoms with Crippen molar-refractivity contribution in [2.45, 2.75) is 58.2 Å². The topological polar surface area (TPSA) is 64.3 Å². The molecule has 1 saturated carbocycles. The number of nitrogens with one attached hydrogen (secondary N) is 1. The van der Waals surface area contributed by atoms with Crippen LogP contribution in [0.3, 0.4) is 0 Å². The van der Waals surface area contributed by atoms with Gasteiger partial charge in [-0.15, -0.1) is 0 Å². The third-order valence-electron chi connectivity index (χ3n) is 4.10. The van der Waals surface area contributed by atoms with E-state index in [9.17, 15) is 4.79 Å². The van der Waals surface area contributed by atoms with E-state index in [-0.39, 0.29) is 23.6 Å². The van der Waals surface area contributed by atoms with E-state index in [1.54, 1.807) is 0 Å². The molecule has 3 N–H and O–H groups in total. The van der Waals surface area contributed by atoms with Crippen LogP contribution in [0.4, 0.5) is 4.79 Å². The Balaban J connectivity index is 2.20. The normalized spacial score (nSPS) is 19.5. The molecule has 4 heteroatoms. The molecule has 1 aliphatic rings. The number of ether oxygens (including phenoxy) is 1. The largest absolute Gasteiger partial charge is 0.444 e. The molecule has 0 spiro atoms. The van der Waals surface area contributed by atoms with Gasteiger partial charge in [-0.25, -0.2) is 4.79 Å². The van der Waals surface area contributed by atoms with E-state index in [0.717, 1.165) is 18.4 Å². The molecule has 2 rings (SSSR count). The number of alkyl carbamates (subject to hydrolysis) is 1. The minimum Gasteiger partial charge on any atom is -0.444 e. The lowest BCUT2D eigenvalue weighted by Crippen LogP contribution is -2.44. The van der Waals surface area contributed by atoms with Crippen molar-refractivity contribution >= 4 is 6.09 Å². The summed E-state index contributed by atoms with van der Waals surface area (Å²) in [6.45, 7) is 7.60. The Morgan fingerprint density at radius 2 is 1.86 bits per heavy atom. The minimum atomic E-state index is -0.504. The van der Waals surface area contributed by atoms with Crippen molar-refractivity contribution in [1.82, 2.24) is 5.32 Å². The number of hydrogen-bond donors (Lipinski definition) is 2. The van der Waals surface area contributed by atoms with E-state index in [1.165, 1.54) is 0 Å². The molecule has 4 nitrogen and oxygen atoms in total. The van der Waals surface area contributed by atoms with Gasteiger partial charge in [0.2, 0.25) is 0 Å². The summed E-state index contributed by atoms with van der Waals surface area (Å²) in [7, 11) is 0. The molecule has 2 unspecified atom stereocenters. The van der Waals surface area contributed by atoms with E-state index in [1.807, 2.05) is 58.0 Å². The molecule has 1 fully saturated rings. The maximum atomic E-state index is 12.2. The lowest BCUT2D eigenvalue weighted by Gasteiger charge is -2.32. The Morgan fingerprint density at radius 1 is 1.29 bits per heavy atom. The van der Waals surface area contributed by atoms with Gasteiger partial charge < -0.3 is 15.8 Å². The first-order valence-corrected chi connectivity index (χ1v) is 7.55. The van der Waals surface area contributed by atoms with E-state index < -0.39 is 5.60 Å². The quantitative estimate of drug-likeness (QED) is 0.893. The van der Waals surface area contributed by atoms with Gasteiger partial charge in [-0.05, 0) is 46.1 Å². The van der Waals surface area contributed by atoms with E-state index >= 15 is 0 Å². The summed E-state index contributed by atoms with van der Waals surface area (Å²) in [4.78, 5) is 12.2.